The third-order valence-electron chi connectivity index (χ3n) is 4.19. The molecule has 0 aliphatic rings. The largest absolute Gasteiger partial charge is 1.00 e. The van der Waals surface area contributed by atoms with Crippen LogP contribution in [-0.2, 0) is 22.4 Å². The molecule has 36 heavy (non-hydrogen) atoms. The first kappa shape index (κ1) is 29.5. The molecule has 0 atom stereocenters. The maximum absolute atomic E-state index is 11.3. The van der Waals surface area contributed by atoms with E-state index >= 15 is 0 Å². The summed E-state index contributed by atoms with van der Waals surface area (Å²) in [6.45, 7) is 1.43. The minimum absolute atomic E-state index is 0. The Kier molecular flexibility index (Phi) is 14.7. The SMILES string of the molecule is CC#N.O=C([O-])c1c2ccccc2cc2ccccc12.[Ag+].c1c[nH]cn1.c1c[nH]cn1.c1c[nH]cn1. The number of carbonyl (C=O) groups is 1. The number of fused-ring (bicyclic) bond motifs is 2. The standard InChI is InChI=1S/C15H10O2.3C3H4N2.C2H3N.Ag/c16-15(17)14-12-7-3-1-5-10(12)9-11-6-2-4-8-13(11)14;3*1-2-5-3-4-1;1-2-3;/h1-9H,(H,16,17);3*1-3H,(H,4,5);1H3;/q;;;;;+1/p-1. The molecule has 3 aromatic carbocycles. The van der Waals surface area contributed by atoms with Crippen molar-refractivity contribution >= 4 is 27.5 Å². The molecule has 186 valence electrons. The summed E-state index contributed by atoms with van der Waals surface area (Å²) in [6.07, 6.45) is 15.2. The van der Waals surface area contributed by atoms with Gasteiger partial charge in [-0.05, 0) is 27.6 Å². The number of nitrogens with zero attached hydrogens (tertiary/aromatic N) is 4. The smallest absolute Gasteiger partial charge is 0.545 e. The van der Waals surface area contributed by atoms with Crippen molar-refractivity contribution in [1.29, 1.82) is 5.26 Å². The Bertz CT molecular complexity index is 1230. The molecule has 10 heteroatoms. The Labute approximate surface area is 223 Å². The van der Waals surface area contributed by atoms with Gasteiger partial charge < -0.3 is 24.9 Å². The van der Waals surface area contributed by atoms with Gasteiger partial charge in [0, 0.05) is 49.7 Å². The average molecular weight is 574 g/mol. The van der Waals surface area contributed by atoms with Crippen molar-refractivity contribution in [2.45, 2.75) is 6.92 Å². The number of nitrogens with one attached hydrogen (secondary N) is 3. The number of aromatic carboxylic acids is 1. The Hall–Kier alpha value is -4.49. The van der Waals surface area contributed by atoms with E-state index < -0.39 is 5.97 Å². The van der Waals surface area contributed by atoms with Crippen LogP contribution in [0.15, 0.2) is 111 Å². The number of nitriles is 1. The monoisotopic (exact) mass is 573 g/mol. The summed E-state index contributed by atoms with van der Waals surface area (Å²) >= 11 is 0. The van der Waals surface area contributed by atoms with E-state index in [0.717, 1.165) is 21.5 Å². The average Bonchev–Trinajstić information content (AvgIpc) is 3.70. The summed E-state index contributed by atoms with van der Waals surface area (Å²) in [4.78, 5) is 30.6. The fraction of sp³-hybridized carbons (Fsp3) is 0.0385. The molecule has 3 aromatic heterocycles. The van der Waals surface area contributed by atoms with Gasteiger partial charge in [0.05, 0.1) is 31.0 Å². The second kappa shape index (κ2) is 17.9. The van der Waals surface area contributed by atoms with Gasteiger partial charge >= 0.3 is 22.4 Å². The molecule has 0 aliphatic carbocycles. The van der Waals surface area contributed by atoms with Crippen molar-refractivity contribution in [1.82, 2.24) is 29.9 Å². The van der Waals surface area contributed by atoms with E-state index in [0.29, 0.717) is 0 Å². The normalized spacial score (nSPS) is 8.67. The first-order valence-electron chi connectivity index (χ1n) is 10.4. The Morgan fingerprint density at radius 2 is 1.14 bits per heavy atom. The molecule has 9 nitrogen and oxygen atoms in total. The van der Waals surface area contributed by atoms with Crippen LogP contribution in [0.5, 0.6) is 0 Å². The van der Waals surface area contributed by atoms with Crippen molar-refractivity contribution in [3.8, 4) is 6.07 Å². The van der Waals surface area contributed by atoms with E-state index in [4.69, 9.17) is 5.26 Å². The maximum Gasteiger partial charge on any atom is 1.00 e. The van der Waals surface area contributed by atoms with Crippen LogP contribution in [0.1, 0.15) is 17.3 Å². The molecule has 0 saturated heterocycles. The molecule has 0 spiro atoms. The van der Waals surface area contributed by atoms with Crippen LogP contribution in [0.2, 0.25) is 0 Å². The van der Waals surface area contributed by atoms with Gasteiger partial charge in [-0.3, -0.25) is 0 Å². The zero-order valence-electron chi connectivity index (χ0n) is 19.3. The molecule has 0 unspecified atom stereocenters. The van der Waals surface area contributed by atoms with E-state index in [1.807, 2.05) is 54.6 Å². The Morgan fingerprint density at radius 3 is 1.39 bits per heavy atom. The predicted octanol–water partition coefficient (Wildman–Crippen LogP) is 4.11. The van der Waals surface area contributed by atoms with E-state index in [2.05, 4.69) is 29.9 Å². The zero-order chi connectivity index (χ0) is 25.1. The van der Waals surface area contributed by atoms with Crippen molar-refractivity contribution in [3.63, 3.8) is 0 Å². The number of carbonyl (C=O) groups excluding carboxylic acids is 1. The molecule has 0 saturated carbocycles. The van der Waals surface area contributed by atoms with Gasteiger partial charge in [-0.2, -0.15) is 5.26 Å². The van der Waals surface area contributed by atoms with E-state index in [9.17, 15) is 9.90 Å². The van der Waals surface area contributed by atoms with Gasteiger partial charge in [0.25, 0.3) is 0 Å². The molecule has 0 aliphatic heterocycles. The van der Waals surface area contributed by atoms with Crippen LogP contribution in [0, 0.1) is 11.3 Å². The second-order valence-corrected chi connectivity index (χ2v) is 6.49. The van der Waals surface area contributed by atoms with Crippen LogP contribution in [0.3, 0.4) is 0 Å². The topological polar surface area (TPSA) is 150 Å². The van der Waals surface area contributed by atoms with Crippen LogP contribution >= 0.6 is 0 Å². The Balaban J connectivity index is 0.000000278. The number of H-pyrrole nitrogens is 3. The minimum Gasteiger partial charge on any atom is -0.545 e. The molecule has 3 heterocycles. The van der Waals surface area contributed by atoms with Crippen LogP contribution < -0.4 is 5.11 Å². The van der Waals surface area contributed by atoms with E-state index in [-0.39, 0.29) is 27.9 Å². The number of hydrogen-bond acceptors (Lipinski definition) is 6. The summed E-state index contributed by atoms with van der Waals surface area (Å²) in [7, 11) is 0. The summed E-state index contributed by atoms with van der Waals surface area (Å²) in [5.74, 6) is -1.13. The number of aromatic nitrogens is 6. The summed E-state index contributed by atoms with van der Waals surface area (Å²) in [5, 5.41) is 21.9. The second-order valence-electron chi connectivity index (χ2n) is 6.49. The third-order valence-corrected chi connectivity index (χ3v) is 4.19. The molecule has 0 radical (unpaired) electrons. The van der Waals surface area contributed by atoms with Gasteiger partial charge in [0.15, 0.2) is 0 Å². The number of hydrogen-bond donors (Lipinski definition) is 3. The third kappa shape index (κ3) is 10.2. The minimum atomic E-state index is -1.13. The molecule has 3 N–H and O–H groups in total. The quantitative estimate of drug-likeness (QED) is 0.199. The fourth-order valence-electron chi connectivity index (χ4n) is 2.88. The van der Waals surface area contributed by atoms with Gasteiger partial charge in [-0.1, -0.05) is 48.5 Å². The first-order chi connectivity index (χ1) is 17.2. The van der Waals surface area contributed by atoms with Crippen molar-refractivity contribution in [2.75, 3.05) is 0 Å². The van der Waals surface area contributed by atoms with Crippen LogP contribution in [0.4, 0.5) is 0 Å². The number of rotatable bonds is 1. The molecular formula is C26H24AgN7O2. The molecule has 6 aromatic rings. The molecule has 0 bridgehead atoms. The number of aromatic amines is 3. The van der Waals surface area contributed by atoms with Crippen LogP contribution in [-0.4, -0.2) is 35.9 Å². The van der Waals surface area contributed by atoms with Crippen molar-refractivity contribution in [2.24, 2.45) is 0 Å². The number of carboxylic acid groups (broad SMARTS) is 1. The molecule has 0 amide bonds. The van der Waals surface area contributed by atoms with Crippen molar-refractivity contribution in [3.05, 3.63) is 116 Å². The van der Waals surface area contributed by atoms with Gasteiger partial charge in [0.1, 0.15) is 0 Å². The Morgan fingerprint density at radius 1 is 0.778 bits per heavy atom. The number of benzene rings is 3. The zero-order valence-corrected chi connectivity index (χ0v) is 20.8. The van der Waals surface area contributed by atoms with Gasteiger partial charge in [0.2, 0.25) is 0 Å². The molecule has 6 rings (SSSR count). The summed E-state index contributed by atoms with van der Waals surface area (Å²) in [5.41, 5.74) is 0.277. The van der Waals surface area contributed by atoms with E-state index in [1.165, 1.54) is 6.92 Å². The van der Waals surface area contributed by atoms with E-state index in [1.54, 1.807) is 62.2 Å². The van der Waals surface area contributed by atoms with Gasteiger partial charge in [-0.25, -0.2) is 15.0 Å². The number of imidazole rings is 3. The first-order valence-corrected chi connectivity index (χ1v) is 10.4. The molecule has 0 fully saturated rings. The van der Waals surface area contributed by atoms with Gasteiger partial charge in [-0.15, -0.1) is 0 Å². The summed E-state index contributed by atoms with van der Waals surface area (Å²) in [6, 6.07) is 18.7. The maximum atomic E-state index is 11.3. The predicted molar refractivity (Wildman–Crippen MR) is 133 cm³/mol. The van der Waals surface area contributed by atoms with Crippen molar-refractivity contribution < 1.29 is 32.3 Å². The molecular weight excluding hydrogens is 550 g/mol. The number of carboxylic acids is 1. The fourth-order valence-corrected chi connectivity index (χ4v) is 2.88. The summed E-state index contributed by atoms with van der Waals surface area (Å²) < 4.78 is 0. The van der Waals surface area contributed by atoms with Crippen LogP contribution in [0.25, 0.3) is 21.5 Å².